The van der Waals surface area contributed by atoms with Crippen LogP contribution in [0.4, 0.5) is 0 Å². The second kappa shape index (κ2) is 12.2. The molecule has 132 valence electrons. The minimum atomic E-state index is 0.153. The first-order valence-electron chi connectivity index (χ1n) is 9.16. The van der Waals surface area contributed by atoms with E-state index in [1.54, 1.807) is 19.2 Å². The van der Waals surface area contributed by atoms with Crippen LogP contribution in [0.1, 0.15) is 76.7 Å². The van der Waals surface area contributed by atoms with Crippen LogP contribution in [0.15, 0.2) is 18.2 Å². The molecule has 1 atom stereocenters. The number of rotatable bonds is 13. The Morgan fingerprint density at radius 1 is 0.783 bits per heavy atom. The fourth-order valence-electron chi connectivity index (χ4n) is 2.92. The molecule has 0 aliphatic rings. The Bertz CT molecular complexity index is 397. The van der Waals surface area contributed by atoms with Gasteiger partial charge in [-0.3, -0.25) is 0 Å². The molecule has 0 saturated heterocycles. The van der Waals surface area contributed by atoms with Crippen molar-refractivity contribution in [2.45, 2.75) is 83.7 Å². The summed E-state index contributed by atoms with van der Waals surface area (Å²) < 4.78 is 5.25. The van der Waals surface area contributed by atoms with Crippen molar-refractivity contribution >= 4 is 0 Å². The lowest BCUT2D eigenvalue weighted by Gasteiger charge is -2.08. The van der Waals surface area contributed by atoms with E-state index in [1.165, 1.54) is 63.9 Å². The van der Waals surface area contributed by atoms with E-state index in [9.17, 15) is 10.2 Å². The summed E-state index contributed by atoms with van der Waals surface area (Å²) in [6, 6.07) is 4.85. The maximum atomic E-state index is 9.43. The molecule has 0 radical (unpaired) electrons. The number of phenols is 2. The van der Waals surface area contributed by atoms with Gasteiger partial charge in [0.2, 0.25) is 0 Å². The third-order valence-corrected chi connectivity index (χ3v) is 4.44. The van der Waals surface area contributed by atoms with Gasteiger partial charge in [-0.05, 0) is 43.9 Å². The van der Waals surface area contributed by atoms with Crippen LogP contribution in [0.5, 0.6) is 11.5 Å². The Morgan fingerprint density at radius 2 is 1.26 bits per heavy atom. The fourth-order valence-corrected chi connectivity index (χ4v) is 2.92. The Balaban J connectivity index is 1.90. The van der Waals surface area contributed by atoms with Crippen LogP contribution in [-0.4, -0.2) is 23.4 Å². The second-order valence-electron chi connectivity index (χ2n) is 6.62. The van der Waals surface area contributed by atoms with Crippen molar-refractivity contribution in [3.63, 3.8) is 0 Å². The summed E-state index contributed by atoms with van der Waals surface area (Å²) in [5.41, 5.74) is 1.02. The number of unbranched alkanes of at least 4 members (excludes halogenated alkanes) is 8. The van der Waals surface area contributed by atoms with E-state index in [2.05, 4.69) is 6.92 Å². The van der Waals surface area contributed by atoms with E-state index >= 15 is 0 Å². The van der Waals surface area contributed by atoms with Crippen LogP contribution in [0, 0.1) is 0 Å². The first-order valence-corrected chi connectivity index (χ1v) is 9.16. The first kappa shape index (κ1) is 19.8. The van der Waals surface area contributed by atoms with E-state index < -0.39 is 0 Å². The largest absolute Gasteiger partial charge is 0.508 e. The van der Waals surface area contributed by atoms with E-state index in [0.29, 0.717) is 6.10 Å². The number of phenolic OH excluding ortho intramolecular Hbond substituents is 2. The first-order chi connectivity index (χ1) is 11.1. The molecule has 1 unspecified atom stereocenters. The van der Waals surface area contributed by atoms with Gasteiger partial charge in [0.15, 0.2) is 0 Å². The minimum absolute atomic E-state index is 0.153. The van der Waals surface area contributed by atoms with Gasteiger partial charge in [-0.25, -0.2) is 0 Å². The number of aryl methyl sites for hydroxylation is 1. The van der Waals surface area contributed by atoms with Crippen molar-refractivity contribution in [3.8, 4) is 11.5 Å². The van der Waals surface area contributed by atoms with Gasteiger partial charge in [0.1, 0.15) is 11.5 Å². The van der Waals surface area contributed by atoms with Gasteiger partial charge < -0.3 is 14.9 Å². The van der Waals surface area contributed by atoms with Crippen LogP contribution in [0.3, 0.4) is 0 Å². The molecule has 0 fully saturated rings. The molecule has 0 aromatic heterocycles. The maximum absolute atomic E-state index is 9.43. The summed E-state index contributed by atoms with van der Waals surface area (Å²) >= 11 is 0. The van der Waals surface area contributed by atoms with Gasteiger partial charge in [-0.2, -0.15) is 0 Å². The Kier molecular flexibility index (Phi) is 10.5. The van der Waals surface area contributed by atoms with E-state index in [4.69, 9.17) is 4.74 Å². The zero-order valence-electron chi connectivity index (χ0n) is 14.9. The average molecular weight is 322 g/mol. The highest BCUT2D eigenvalue weighted by atomic mass is 16.5. The predicted octanol–water partition coefficient (Wildman–Crippen LogP) is 5.58. The number of aromatic hydroxyl groups is 2. The molecule has 0 saturated carbocycles. The van der Waals surface area contributed by atoms with Crippen LogP contribution in [0.2, 0.25) is 0 Å². The summed E-state index contributed by atoms with van der Waals surface area (Å²) in [6.07, 6.45) is 14.1. The molecule has 2 N–H and O–H groups in total. The molecule has 1 aromatic carbocycles. The molecule has 0 aliphatic heterocycles. The third-order valence-electron chi connectivity index (χ3n) is 4.44. The van der Waals surface area contributed by atoms with Gasteiger partial charge in [0.25, 0.3) is 0 Å². The maximum Gasteiger partial charge on any atom is 0.119 e. The number of methoxy groups -OCH3 is 1. The number of hydrogen-bond acceptors (Lipinski definition) is 3. The van der Waals surface area contributed by atoms with Gasteiger partial charge >= 0.3 is 0 Å². The zero-order chi connectivity index (χ0) is 16.9. The predicted molar refractivity (Wildman–Crippen MR) is 96.1 cm³/mol. The molecular formula is C20H34O3. The zero-order valence-corrected chi connectivity index (χ0v) is 14.9. The van der Waals surface area contributed by atoms with Crippen LogP contribution >= 0.6 is 0 Å². The Labute approximate surface area is 141 Å². The highest BCUT2D eigenvalue weighted by molar-refractivity contribution is 5.36. The molecule has 23 heavy (non-hydrogen) atoms. The van der Waals surface area contributed by atoms with Crippen LogP contribution in [0.25, 0.3) is 0 Å². The van der Waals surface area contributed by atoms with Crippen molar-refractivity contribution in [1.82, 2.24) is 0 Å². The monoisotopic (exact) mass is 322 g/mol. The molecule has 0 spiro atoms. The van der Waals surface area contributed by atoms with Crippen molar-refractivity contribution < 1.29 is 14.9 Å². The van der Waals surface area contributed by atoms with Crippen molar-refractivity contribution in [2.24, 2.45) is 0 Å². The lowest BCUT2D eigenvalue weighted by Crippen LogP contribution is -2.03. The molecular weight excluding hydrogens is 288 g/mol. The second-order valence-corrected chi connectivity index (χ2v) is 6.62. The van der Waals surface area contributed by atoms with Gasteiger partial charge in [-0.1, -0.05) is 51.4 Å². The third kappa shape index (κ3) is 10.2. The summed E-state index contributed by atoms with van der Waals surface area (Å²) in [7, 11) is 1.79. The Morgan fingerprint density at radius 3 is 1.78 bits per heavy atom. The summed E-state index contributed by atoms with van der Waals surface area (Å²) in [4.78, 5) is 0. The SMILES string of the molecule is COC(C)CCCCCCCCCCCc1cc(O)cc(O)c1. The Hall–Kier alpha value is -1.22. The van der Waals surface area contributed by atoms with E-state index in [1.807, 2.05) is 0 Å². The molecule has 1 aromatic rings. The minimum Gasteiger partial charge on any atom is -0.508 e. The van der Waals surface area contributed by atoms with Gasteiger partial charge in [0, 0.05) is 13.2 Å². The lowest BCUT2D eigenvalue weighted by molar-refractivity contribution is 0.108. The quantitative estimate of drug-likeness (QED) is 0.466. The molecule has 0 bridgehead atoms. The molecule has 1 rings (SSSR count). The smallest absolute Gasteiger partial charge is 0.119 e. The summed E-state index contributed by atoms with van der Waals surface area (Å²) in [5.74, 6) is 0.305. The fraction of sp³-hybridized carbons (Fsp3) is 0.700. The normalized spacial score (nSPS) is 12.4. The topological polar surface area (TPSA) is 49.7 Å². The lowest BCUT2D eigenvalue weighted by atomic mass is 10.0. The van der Waals surface area contributed by atoms with Crippen LogP contribution < -0.4 is 0 Å². The highest BCUT2D eigenvalue weighted by Gasteiger charge is 2.00. The van der Waals surface area contributed by atoms with Crippen molar-refractivity contribution in [1.29, 1.82) is 0 Å². The molecule has 0 amide bonds. The molecule has 3 heteroatoms. The van der Waals surface area contributed by atoms with Crippen LogP contribution in [-0.2, 0) is 11.2 Å². The highest BCUT2D eigenvalue weighted by Crippen LogP contribution is 2.22. The van der Waals surface area contributed by atoms with Crippen molar-refractivity contribution in [2.75, 3.05) is 7.11 Å². The standard InChI is InChI=1S/C20H34O3/c1-17(23-2)12-10-8-6-4-3-5-7-9-11-13-18-14-19(21)16-20(22)15-18/h14-17,21-22H,3-13H2,1-2H3. The molecule has 3 nitrogen and oxygen atoms in total. The molecule has 0 aliphatic carbocycles. The molecule has 0 heterocycles. The van der Waals surface area contributed by atoms with E-state index in [-0.39, 0.29) is 11.5 Å². The van der Waals surface area contributed by atoms with Gasteiger partial charge in [-0.15, -0.1) is 0 Å². The van der Waals surface area contributed by atoms with E-state index in [0.717, 1.165) is 18.4 Å². The number of benzene rings is 1. The average Bonchev–Trinajstić information content (AvgIpc) is 2.51. The number of ether oxygens (including phenoxy) is 1. The summed E-state index contributed by atoms with van der Waals surface area (Å²) in [5, 5.41) is 18.9. The number of hydrogen-bond donors (Lipinski definition) is 2. The summed E-state index contributed by atoms with van der Waals surface area (Å²) in [6.45, 7) is 2.14. The van der Waals surface area contributed by atoms with Gasteiger partial charge in [0.05, 0.1) is 6.10 Å². The van der Waals surface area contributed by atoms with Crippen molar-refractivity contribution in [3.05, 3.63) is 23.8 Å².